The number of amides is 1. The maximum Gasteiger partial charge on any atom is 0.420 e. The average Bonchev–Trinajstić information content (AvgIpc) is 2.87. The number of fused-ring (bicyclic) bond motifs is 1. The first-order valence-corrected chi connectivity index (χ1v) is 10.9. The Morgan fingerprint density at radius 1 is 1.06 bits per heavy atom. The number of aromatic nitrogens is 3. The molecule has 0 aliphatic heterocycles. The molecule has 0 aliphatic rings. The van der Waals surface area contributed by atoms with Crippen molar-refractivity contribution >= 4 is 28.3 Å². The molecule has 3 heterocycles. The molecule has 36 heavy (non-hydrogen) atoms. The van der Waals surface area contributed by atoms with Crippen LogP contribution in [0.2, 0.25) is 0 Å². The third-order valence-electron chi connectivity index (χ3n) is 5.38. The Morgan fingerprint density at radius 2 is 1.86 bits per heavy atom. The van der Waals surface area contributed by atoms with E-state index in [0.29, 0.717) is 17.6 Å². The number of halogens is 3. The number of carbonyl (C=O) groups excluding carboxylic acids is 1. The Morgan fingerprint density at radius 3 is 2.58 bits per heavy atom. The highest BCUT2D eigenvalue weighted by Gasteiger charge is 2.35. The molecule has 186 valence electrons. The molecular weight excluding hydrogens is 475 g/mol. The van der Waals surface area contributed by atoms with E-state index >= 15 is 0 Å². The van der Waals surface area contributed by atoms with Crippen molar-refractivity contribution in [1.82, 2.24) is 15.0 Å². The maximum atomic E-state index is 13.5. The smallest absolute Gasteiger partial charge is 0.420 e. The summed E-state index contributed by atoms with van der Waals surface area (Å²) in [5.41, 5.74) is 2.04. The number of hydrogen-bond acceptors (Lipinski definition) is 7. The fraction of sp³-hybridized carbons (Fsp3) is 0.200. The topological polar surface area (TPSA) is 109 Å². The Bertz CT molecular complexity index is 1430. The lowest BCUT2D eigenvalue weighted by molar-refractivity contribution is -0.139. The Balaban J connectivity index is 1.62. The Hall–Kier alpha value is -4.25. The summed E-state index contributed by atoms with van der Waals surface area (Å²) < 4.78 is 45.3. The third kappa shape index (κ3) is 5.36. The van der Waals surface area contributed by atoms with Crippen LogP contribution >= 0.6 is 0 Å². The number of pyridine rings is 3. The second-order valence-electron chi connectivity index (χ2n) is 7.86. The minimum absolute atomic E-state index is 0.335. The summed E-state index contributed by atoms with van der Waals surface area (Å²) >= 11 is 0. The number of hydrogen-bond donors (Lipinski definition) is 3. The molecule has 0 fully saturated rings. The largest absolute Gasteiger partial charge is 0.489 e. The molecule has 0 unspecified atom stereocenters. The normalized spacial score (nSPS) is 11.4. The predicted molar refractivity (Wildman–Crippen MR) is 129 cm³/mol. The van der Waals surface area contributed by atoms with Gasteiger partial charge in [0.25, 0.3) is 5.91 Å². The van der Waals surface area contributed by atoms with Gasteiger partial charge in [0.15, 0.2) is 0 Å². The molecule has 0 bridgehead atoms. The number of aryl methyl sites for hydroxylation is 1. The summed E-state index contributed by atoms with van der Waals surface area (Å²) in [7, 11) is 1.77. The number of aliphatic hydroxyl groups is 1. The van der Waals surface area contributed by atoms with Crippen LogP contribution in [0.4, 0.5) is 24.7 Å². The van der Waals surface area contributed by atoms with Gasteiger partial charge in [0.1, 0.15) is 29.4 Å². The molecule has 1 amide bonds. The molecule has 0 aliphatic carbocycles. The molecule has 8 nitrogen and oxygen atoms in total. The van der Waals surface area contributed by atoms with Gasteiger partial charge >= 0.3 is 6.18 Å². The SMILES string of the molecule is CNc1cc2ncc(-c3cc(NC(=O)c4cc(C(F)(F)F)c(OCCO)cn4)ccc3C)cc2cn1. The number of nitrogens with zero attached hydrogens (tertiary/aromatic N) is 3. The van der Waals surface area contributed by atoms with E-state index in [1.807, 2.05) is 19.1 Å². The highest BCUT2D eigenvalue weighted by molar-refractivity contribution is 6.03. The highest BCUT2D eigenvalue weighted by Crippen LogP contribution is 2.36. The van der Waals surface area contributed by atoms with Gasteiger partial charge in [0, 0.05) is 42.1 Å². The van der Waals surface area contributed by atoms with E-state index in [1.165, 1.54) is 0 Å². The van der Waals surface area contributed by atoms with E-state index < -0.39 is 35.7 Å². The first-order valence-electron chi connectivity index (χ1n) is 10.9. The molecule has 3 aromatic heterocycles. The third-order valence-corrected chi connectivity index (χ3v) is 5.38. The molecule has 0 saturated carbocycles. The molecule has 0 spiro atoms. The number of nitrogens with one attached hydrogen (secondary N) is 2. The van der Waals surface area contributed by atoms with Gasteiger partial charge in [-0.05, 0) is 42.3 Å². The van der Waals surface area contributed by atoms with Gasteiger partial charge in [0.2, 0.25) is 0 Å². The highest BCUT2D eigenvalue weighted by atomic mass is 19.4. The van der Waals surface area contributed by atoms with Crippen molar-refractivity contribution in [3.8, 4) is 16.9 Å². The van der Waals surface area contributed by atoms with Gasteiger partial charge in [0.05, 0.1) is 18.3 Å². The van der Waals surface area contributed by atoms with Crippen molar-refractivity contribution in [2.75, 3.05) is 30.9 Å². The van der Waals surface area contributed by atoms with Crippen molar-refractivity contribution < 1.29 is 27.8 Å². The molecule has 4 aromatic rings. The summed E-state index contributed by atoms with van der Waals surface area (Å²) in [6, 6.07) is 9.52. The number of alkyl halides is 3. The van der Waals surface area contributed by atoms with E-state index in [4.69, 9.17) is 9.84 Å². The number of anilines is 2. The standard InChI is InChI=1S/C25H22F3N5O3/c1-14-3-4-17(8-18(14)15-7-16-12-32-23(29-2)10-20(16)30-11-15)33-24(35)21-9-19(25(26,27)28)22(13-31-21)36-6-5-34/h3-4,7-13,34H,5-6H2,1-2H3,(H,29,32)(H,33,35). The van der Waals surface area contributed by atoms with Crippen LogP contribution in [0.5, 0.6) is 5.75 Å². The molecular formula is C25H22F3N5O3. The van der Waals surface area contributed by atoms with E-state index in [9.17, 15) is 18.0 Å². The fourth-order valence-corrected chi connectivity index (χ4v) is 3.57. The molecule has 0 atom stereocenters. The quantitative estimate of drug-likeness (QED) is 0.340. The van der Waals surface area contributed by atoms with Crippen molar-refractivity contribution in [1.29, 1.82) is 0 Å². The van der Waals surface area contributed by atoms with Crippen LogP contribution in [-0.4, -0.2) is 46.2 Å². The fourth-order valence-electron chi connectivity index (χ4n) is 3.57. The van der Waals surface area contributed by atoms with Gasteiger partial charge in [-0.3, -0.25) is 9.78 Å². The number of rotatable bonds is 7. The van der Waals surface area contributed by atoms with Crippen molar-refractivity contribution in [2.24, 2.45) is 0 Å². The van der Waals surface area contributed by atoms with Gasteiger partial charge in [-0.2, -0.15) is 13.2 Å². The van der Waals surface area contributed by atoms with Crippen molar-refractivity contribution in [3.63, 3.8) is 0 Å². The summed E-state index contributed by atoms with van der Waals surface area (Å²) in [6.07, 6.45) is -0.539. The lowest BCUT2D eigenvalue weighted by atomic mass is 10.00. The van der Waals surface area contributed by atoms with Crippen LogP contribution in [0.3, 0.4) is 0 Å². The second-order valence-corrected chi connectivity index (χ2v) is 7.86. The number of carbonyl (C=O) groups is 1. The van der Waals surface area contributed by atoms with Crippen molar-refractivity contribution in [3.05, 3.63) is 71.8 Å². The molecule has 3 N–H and O–H groups in total. The van der Waals surface area contributed by atoms with Crippen LogP contribution in [0, 0.1) is 6.92 Å². The minimum Gasteiger partial charge on any atom is -0.489 e. The summed E-state index contributed by atoms with van der Waals surface area (Å²) in [5, 5.41) is 15.2. The Kier molecular flexibility index (Phi) is 7.02. The summed E-state index contributed by atoms with van der Waals surface area (Å²) in [4.78, 5) is 25.3. The van der Waals surface area contributed by atoms with E-state index in [-0.39, 0.29) is 6.61 Å². The number of aliphatic hydroxyl groups excluding tert-OH is 1. The van der Waals surface area contributed by atoms with Crippen LogP contribution in [0.1, 0.15) is 21.6 Å². The minimum atomic E-state index is -4.77. The zero-order valence-corrected chi connectivity index (χ0v) is 19.3. The molecule has 11 heteroatoms. The first-order chi connectivity index (χ1) is 17.2. The van der Waals surface area contributed by atoms with E-state index in [1.54, 1.807) is 37.6 Å². The monoisotopic (exact) mass is 497 g/mol. The Labute approximate surface area is 204 Å². The predicted octanol–water partition coefficient (Wildman–Crippen LogP) is 4.68. The van der Waals surface area contributed by atoms with Gasteiger partial charge < -0.3 is 20.5 Å². The van der Waals surface area contributed by atoms with Crippen LogP contribution < -0.4 is 15.4 Å². The van der Waals surface area contributed by atoms with Gasteiger partial charge in [-0.1, -0.05) is 6.07 Å². The zero-order valence-electron chi connectivity index (χ0n) is 19.3. The van der Waals surface area contributed by atoms with Crippen molar-refractivity contribution in [2.45, 2.75) is 13.1 Å². The first kappa shape index (κ1) is 24.9. The average molecular weight is 497 g/mol. The van der Waals surface area contributed by atoms with E-state index in [2.05, 4.69) is 25.6 Å². The molecule has 4 rings (SSSR count). The van der Waals surface area contributed by atoms with Crippen LogP contribution in [0.15, 0.2) is 55.0 Å². The summed E-state index contributed by atoms with van der Waals surface area (Å²) in [6.45, 7) is 1.10. The molecule has 0 saturated heterocycles. The molecule has 0 radical (unpaired) electrons. The number of benzene rings is 1. The van der Waals surface area contributed by atoms with Crippen LogP contribution in [0.25, 0.3) is 22.0 Å². The molecule has 1 aromatic carbocycles. The van der Waals surface area contributed by atoms with Gasteiger partial charge in [-0.25, -0.2) is 9.97 Å². The van der Waals surface area contributed by atoms with Crippen LogP contribution in [-0.2, 0) is 6.18 Å². The maximum absolute atomic E-state index is 13.5. The second kappa shape index (κ2) is 10.2. The van der Waals surface area contributed by atoms with Gasteiger partial charge in [-0.15, -0.1) is 0 Å². The van der Waals surface area contributed by atoms with E-state index in [0.717, 1.165) is 33.8 Å². The lowest BCUT2D eigenvalue weighted by Crippen LogP contribution is -2.17. The zero-order chi connectivity index (χ0) is 25.9. The lowest BCUT2D eigenvalue weighted by Gasteiger charge is -2.15. The number of ether oxygens (including phenoxy) is 1. The summed E-state index contributed by atoms with van der Waals surface area (Å²) in [5.74, 6) is -0.686.